The SMILES string of the molecule is c1ccc(C[Se]CC[C@@H]2CN=C(c3ccccc3)O2)cc1. The Hall–Kier alpha value is -1.57. The molecule has 0 fully saturated rings. The van der Waals surface area contributed by atoms with Crippen LogP contribution < -0.4 is 0 Å². The van der Waals surface area contributed by atoms with Crippen molar-refractivity contribution in [1.29, 1.82) is 0 Å². The number of ether oxygens (including phenoxy) is 1. The molecule has 0 unspecified atom stereocenters. The van der Waals surface area contributed by atoms with E-state index in [0.29, 0.717) is 15.0 Å². The summed E-state index contributed by atoms with van der Waals surface area (Å²) in [5.41, 5.74) is 2.54. The minimum atomic E-state index is 0.276. The van der Waals surface area contributed by atoms with Crippen molar-refractivity contribution >= 4 is 20.9 Å². The summed E-state index contributed by atoms with van der Waals surface area (Å²) in [6, 6.07) is 20.9. The zero-order valence-electron chi connectivity index (χ0n) is 11.9. The summed E-state index contributed by atoms with van der Waals surface area (Å²) in [6.07, 6.45) is 1.39. The van der Waals surface area contributed by atoms with Gasteiger partial charge in [0.25, 0.3) is 0 Å². The van der Waals surface area contributed by atoms with Gasteiger partial charge < -0.3 is 0 Å². The maximum absolute atomic E-state index is 5.96. The first-order valence-electron chi connectivity index (χ1n) is 7.30. The van der Waals surface area contributed by atoms with Crippen LogP contribution in [-0.4, -0.2) is 33.5 Å². The van der Waals surface area contributed by atoms with Crippen LogP contribution in [-0.2, 0) is 10.1 Å². The van der Waals surface area contributed by atoms with E-state index in [9.17, 15) is 0 Å². The summed E-state index contributed by atoms with van der Waals surface area (Å²) in [7, 11) is 0. The standard InChI is InChI=1S/C18H19NOSe/c1-3-7-15(8-4-1)14-21-12-11-17-13-19-18(20-17)16-9-5-2-6-10-16/h1-10,17H,11-14H2/t17-/m1/s1. The molecule has 0 saturated heterocycles. The Morgan fingerprint density at radius 2 is 1.71 bits per heavy atom. The molecule has 108 valence electrons. The van der Waals surface area contributed by atoms with Crippen molar-refractivity contribution in [2.75, 3.05) is 6.54 Å². The topological polar surface area (TPSA) is 21.6 Å². The zero-order chi connectivity index (χ0) is 14.3. The predicted octanol–water partition coefficient (Wildman–Crippen LogP) is 3.54. The molecule has 1 atom stereocenters. The van der Waals surface area contributed by atoms with E-state index in [2.05, 4.69) is 47.5 Å². The third-order valence-electron chi connectivity index (χ3n) is 3.43. The second kappa shape index (κ2) is 7.44. The second-order valence-corrected chi connectivity index (χ2v) is 7.40. The summed E-state index contributed by atoms with van der Waals surface area (Å²) in [4.78, 5) is 4.53. The molecule has 0 radical (unpaired) electrons. The Balaban J connectivity index is 1.39. The van der Waals surface area contributed by atoms with Gasteiger partial charge in [0.2, 0.25) is 0 Å². The molecule has 2 aromatic rings. The van der Waals surface area contributed by atoms with Gasteiger partial charge in [0.05, 0.1) is 0 Å². The van der Waals surface area contributed by atoms with Crippen LogP contribution in [0, 0.1) is 0 Å². The number of hydrogen-bond donors (Lipinski definition) is 0. The van der Waals surface area contributed by atoms with E-state index >= 15 is 0 Å². The zero-order valence-corrected chi connectivity index (χ0v) is 13.7. The fourth-order valence-electron chi connectivity index (χ4n) is 2.29. The summed E-state index contributed by atoms with van der Waals surface area (Å²) >= 11 is 0.653. The molecular formula is C18H19NOSe. The van der Waals surface area contributed by atoms with E-state index in [-0.39, 0.29) is 6.10 Å². The third kappa shape index (κ3) is 4.20. The van der Waals surface area contributed by atoms with E-state index in [1.807, 2.05) is 18.2 Å². The van der Waals surface area contributed by atoms with E-state index in [1.54, 1.807) is 0 Å². The molecule has 1 aliphatic heterocycles. The van der Waals surface area contributed by atoms with E-state index in [1.165, 1.54) is 16.2 Å². The number of hydrogen-bond acceptors (Lipinski definition) is 2. The average Bonchev–Trinajstić information content (AvgIpc) is 3.02. The Bertz CT molecular complexity index is 583. The molecule has 0 bridgehead atoms. The van der Waals surface area contributed by atoms with Gasteiger partial charge in [0, 0.05) is 0 Å². The maximum atomic E-state index is 5.96. The Labute approximate surface area is 132 Å². The molecule has 0 aromatic heterocycles. The van der Waals surface area contributed by atoms with Crippen molar-refractivity contribution in [3.05, 3.63) is 71.8 Å². The molecule has 0 spiro atoms. The van der Waals surface area contributed by atoms with Gasteiger partial charge in [0.1, 0.15) is 0 Å². The van der Waals surface area contributed by atoms with E-state index in [0.717, 1.165) is 24.4 Å². The third-order valence-corrected chi connectivity index (χ3v) is 5.66. The van der Waals surface area contributed by atoms with Gasteiger partial charge in [0.15, 0.2) is 0 Å². The summed E-state index contributed by atoms with van der Waals surface area (Å²) in [6.45, 7) is 0.811. The van der Waals surface area contributed by atoms with Crippen LogP contribution in [0.5, 0.6) is 0 Å². The number of nitrogens with zero attached hydrogens (tertiary/aromatic N) is 1. The van der Waals surface area contributed by atoms with Gasteiger partial charge in [-0.25, -0.2) is 0 Å². The molecule has 2 nitrogen and oxygen atoms in total. The molecule has 3 heteroatoms. The Morgan fingerprint density at radius 1 is 1.00 bits per heavy atom. The van der Waals surface area contributed by atoms with E-state index < -0.39 is 0 Å². The van der Waals surface area contributed by atoms with Gasteiger partial charge >= 0.3 is 132 Å². The molecule has 1 heterocycles. The fraction of sp³-hybridized carbons (Fsp3) is 0.278. The number of aliphatic imine (C=N–C) groups is 1. The van der Waals surface area contributed by atoms with Gasteiger partial charge in [-0.1, -0.05) is 0 Å². The molecule has 0 N–H and O–H groups in total. The molecule has 2 aromatic carbocycles. The van der Waals surface area contributed by atoms with E-state index in [4.69, 9.17) is 4.74 Å². The van der Waals surface area contributed by atoms with Crippen molar-refractivity contribution in [2.45, 2.75) is 23.2 Å². The Kier molecular flexibility index (Phi) is 5.09. The predicted molar refractivity (Wildman–Crippen MR) is 88.0 cm³/mol. The minimum absolute atomic E-state index is 0.276. The Morgan fingerprint density at radius 3 is 2.48 bits per heavy atom. The summed E-state index contributed by atoms with van der Waals surface area (Å²) < 4.78 is 5.96. The number of rotatable bonds is 6. The van der Waals surface area contributed by atoms with Crippen molar-refractivity contribution < 1.29 is 4.74 Å². The summed E-state index contributed by atoms with van der Waals surface area (Å²) in [5, 5.41) is 2.47. The van der Waals surface area contributed by atoms with Gasteiger partial charge in [-0.2, -0.15) is 0 Å². The number of benzene rings is 2. The second-order valence-electron chi connectivity index (χ2n) is 5.08. The monoisotopic (exact) mass is 345 g/mol. The summed E-state index contributed by atoms with van der Waals surface area (Å²) in [5.74, 6) is 0.816. The van der Waals surface area contributed by atoms with Gasteiger partial charge in [-0.3, -0.25) is 0 Å². The van der Waals surface area contributed by atoms with Crippen molar-refractivity contribution in [3.8, 4) is 0 Å². The normalized spacial score (nSPS) is 17.3. The van der Waals surface area contributed by atoms with Gasteiger partial charge in [-0.15, -0.1) is 0 Å². The molecule has 3 rings (SSSR count). The first kappa shape index (κ1) is 14.4. The first-order chi connectivity index (χ1) is 10.4. The molecule has 0 amide bonds. The fourth-order valence-corrected chi connectivity index (χ4v) is 4.39. The molecule has 1 aliphatic rings. The van der Waals surface area contributed by atoms with Crippen molar-refractivity contribution in [2.24, 2.45) is 4.99 Å². The van der Waals surface area contributed by atoms with Crippen LogP contribution in [0.3, 0.4) is 0 Å². The van der Waals surface area contributed by atoms with Crippen LogP contribution in [0.25, 0.3) is 0 Å². The molecule has 0 saturated carbocycles. The van der Waals surface area contributed by atoms with Crippen LogP contribution in [0.2, 0.25) is 5.32 Å². The van der Waals surface area contributed by atoms with Crippen LogP contribution in [0.15, 0.2) is 65.7 Å². The molecule has 21 heavy (non-hydrogen) atoms. The quantitative estimate of drug-likeness (QED) is 0.580. The van der Waals surface area contributed by atoms with Crippen LogP contribution in [0.4, 0.5) is 0 Å². The van der Waals surface area contributed by atoms with Crippen molar-refractivity contribution in [3.63, 3.8) is 0 Å². The molecule has 0 aliphatic carbocycles. The average molecular weight is 344 g/mol. The van der Waals surface area contributed by atoms with Crippen LogP contribution >= 0.6 is 0 Å². The van der Waals surface area contributed by atoms with Gasteiger partial charge in [-0.05, 0) is 0 Å². The van der Waals surface area contributed by atoms with Crippen LogP contribution in [0.1, 0.15) is 17.5 Å². The first-order valence-corrected chi connectivity index (χ1v) is 9.72. The molecular weight excluding hydrogens is 325 g/mol. The van der Waals surface area contributed by atoms with Crippen molar-refractivity contribution in [1.82, 2.24) is 0 Å².